The first-order chi connectivity index (χ1) is 12.6. The average molecular weight is 374 g/mol. The monoisotopic (exact) mass is 373 g/mol. The lowest BCUT2D eigenvalue weighted by molar-refractivity contribution is -0.897. The van der Waals surface area contributed by atoms with Crippen LogP contribution in [0.4, 0.5) is 0 Å². The minimum absolute atomic E-state index is 0.346. The van der Waals surface area contributed by atoms with Gasteiger partial charge in [-0.25, -0.2) is 0 Å². The summed E-state index contributed by atoms with van der Waals surface area (Å²) in [5, 5.41) is 13.0. The Balaban J connectivity index is 1.61. The fraction of sp³-hybridized carbons (Fsp3) is 0.875. The number of nitrogens with zero attached hydrogens (tertiary/aromatic N) is 2. The normalized spacial score (nSPS) is 47.7. The average Bonchev–Trinajstić information content (AvgIpc) is 2.96. The topological polar surface area (TPSA) is 32.6 Å². The first kappa shape index (κ1) is 19.5. The summed E-state index contributed by atoms with van der Waals surface area (Å²) < 4.78 is 1.10. The Morgan fingerprint density at radius 3 is 2.48 bits per heavy atom. The number of hydrogen-bond acceptors (Lipinski definition) is 2. The van der Waals surface area contributed by atoms with Gasteiger partial charge in [0.15, 0.2) is 0 Å². The molecule has 0 spiro atoms. The molecule has 0 aliphatic heterocycles. The van der Waals surface area contributed by atoms with Crippen LogP contribution < -0.4 is 0 Å². The zero-order valence-corrected chi connectivity index (χ0v) is 18.5. The van der Waals surface area contributed by atoms with Crippen molar-refractivity contribution in [3.8, 4) is 0 Å². The third-order valence-corrected chi connectivity index (χ3v) is 9.84. The Morgan fingerprint density at radius 2 is 1.81 bits per heavy atom. The lowest BCUT2D eigenvalue weighted by Crippen LogP contribution is -2.54. The van der Waals surface area contributed by atoms with Crippen LogP contribution in [0.2, 0.25) is 0 Å². The second kappa shape index (κ2) is 6.34. The van der Waals surface area contributed by atoms with Gasteiger partial charge in [-0.15, -0.1) is 0 Å². The largest absolute Gasteiger partial charge is 0.411 e. The van der Waals surface area contributed by atoms with Gasteiger partial charge in [0.2, 0.25) is 0 Å². The predicted molar refractivity (Wildman–Crippen MR) is 112 cm³/mol. The summed E-state index contributed by atoms with van der Waals surface area (Å²) >= 11 is 0. The minimum atomic E-state index is 0.346. The molecule has 3 nitrogen and oxygen atoms in total. The lowest BCUT2D eigenvalue weighted by atomic mass is 9.47. The molecule has 3 saturated carbocycles. The van der Waals surface area contributed by atoms with Gasteiger partial charge in [0.25, 0.3) is 0 Å². The van der Waals surface area contributed by atoms with Crippen molar-refractivity contribution < 1.29 is 9.69 Å². The molecule has 0 bridgehead atoms. The van der Waals surface area contributed by atoms with Crippen molar-refractivity contribution in [2.75, 3.05) is 21.1 Å². The number of hydrogen-bond donors (Lipinski definition) is 1. The summed E-state index contributed by atoms with van der Waals surface area (Å²) in [5.41, 5.74) is 3.55. The van der Waals surface area contributed by atoms with Crippen LogP contribution in [0, 0.1) is 34.5 Å². The zero-order chi connectivity index (χ0) is 19.6. The molecule has 4 aliphatic carbocycles. The van der Waals surface area contributed by atoms with Crippen LogP contribution in [-0.2, 0) is 0 Å². The van der Waals surface area contributed by atoms with Crippen LogP contribution in [0.3, 0.4) is 0 Å². The molecule has 4 rings (SSSR count). The van der Waals surface area contributed by atoms with Gasteiger partial charge in [-0.1, -0.05) is 30.7 Å². The van der Waals surface area contributed by atoms with Crippen molar-refractivity contribution in [3.63, 3.8) is 0 Å². The first-order valence-electron chi connectivity index (χ1n) is 11.3. The summed E-state index contributed by atoms with van der Waals surface area (Å²) in [4.78, 5) is 0. The van der Waals surface area contributed by atoms with Crippen LogP contribution in [0.15, 0.2) is 16.8 Å². The van der Waals surface area contributed by atoms with Gasteiger partial charge in [0.1, 0.15) is 0 Å². The molecule has 27 heavy (non-hydrogen) atoms. The van der Waals surface area contributed by atoms with E-state index in [1.165, 1.54) is 51.4 Å². The maximum atomic E-state index is 9.40. The van der Waals surface area contributed by atoms with E-state index in [0.717, 1.165) is 34.0 Å². The second-order valence-electron chi connectivity index (χ2n) is 11.7. The summed E-state index contributed by atoms with van der Waals surface area (Å²) in [5.74, 6) is 3.01. The molecule has 0 radical (unpaired) electrons. The first-order valence-corrected chi connectivity index (χ1v) is 11.3. The number of quaternary nitrogens is 1. The highest BCUT2D eigenvalue weighted by Crippen LogP contribution is 2.66. The van der Waals surface area contributed by atoms with Crippen molar-refractivity contribution in [2.45, 2.75) is 78.2 Å². The Bertz CT molecular complexity index is 660. The third-order valence-electron chi connectivity index (χ3n) is 9.84. The standard InChI is InChI=1S/C24H40N2O/c1-16(25-27)20-9-10-21-19-8-7-17-15-18(26(4,5)6)11-13-23(17,2)22(19)12-14-24(20,21)3/h7,18-22H,8-15H2,1-6H3/p+1. The minimum Gasteiger partial charge on any atom is -0.411 e. The molecule has 1 N–H and O–H groups in total. The molecule has 152 valence electrons. The molecule has 7 unspecified atom stereocenters. The van der Waals surface area contributed by atoms with Crippen molar-refractivity contribution >= 4 is 5.71 Å². The number of oxime groups is 1. The smallest absolute Gasteiger partial charge is 0.0922 e. The van der Waals surface area contributed by atoms with Crippen molar-refractivity contribution in [3.05, 3.63) is 11.6 Å². The maximum absolute atomic E-state index is 9.40. The van der Waals surface area contributed by atoms with Crippen LogP contribution in [0.25, 0.3) is 0 Å². The van der Waals surface area contributed by atoms with Gasteiger partial charge in [-0.05, 0) is 74.0 Å². The summed E-state index contributed by atoms with van der Waals surface area (Å²) in [6.45, 7) is 7.16. The fourth-order valence-electron chi connectivity index (χ4n) is 8.06. The molecule has 0 aromatic heterocycles. The van der Waals surface area contributed by atoms with E-state index in [9.17, 15) is 5.21 Å². The highest BCUT2D eigenvalue weighted by Gasteiger charge is 2.59. The maximum Gasteiger partial charge on any atom is 0.0922 e. The van der Waals surface area contributed by atoms with E-state index in [0.29, 0.717) is 16.7 Å². The van der Waals surface area contributed by atoms with Crippen molar-refractivity contribution in [2.24, 2.45) is 39.7 Å². The van der Waals surface area contributed by atoms with Gasteiger partial charge in [-0.3, -0.25) is 0 Å². The number of allylic oxidation sites excluding steroid dienone is 1. The predicted octanol–water partition coefficient (Wildman–Crippen LogP) is 5.49. The van der Waals surface area contributed by atoms with E-state index < -0.39 is 0 Å². The van der Waals surface area contributed by atoms with Gasteiger partial charge in [-0.2, -0.15) is 0 Å². The SMILES string of the molecule is CC(=NO)C1CCC2C3CC=C4CC([N+](C)(C)C)CCC4(C)C3CCC12C. The zero-order valence-electron chi connectivity index (χ0n) is 18.5. The van der Waals surface area contributed by atoms with E-state index in [2.05, 4.69) is 46.2 Å². The van der Waals surface area contributed by atoms with Gasteiger partial charge >= 0.3 is 0 Å². The number of fused-ring (bicyclic) bond motifs is 5. The quantitative estimate of drug-likeness (QED) is 0.224. The molecule has 0 saturated heterocycles. The second-order valence-corrected chi connectivity index (χ2v) is 11.7. The molecule has 0 heterocycles. The Hall–Kier alpha value is -0.830. The Kier molecular flexibility index (Phi) is 4.57. The van der Waals surface area contributed by atoms with Crippen LogP contribution >= 0.6 is 0 Å². The fourth-order valence-corrected chi connectivity index (χ4v) is 8.06. The number of rotatable bonds is 2. The molecular weight excluding hydrogens is 332 g/mol. The molecule has 7 atom stereocenters. The van der Waals surface area contributed by atoms with Crippen molar-refractivity contribution in [1.29, 1.82) is 0 Å². The van der Waals surface area contributed by atoms with E-state index in [-0.39, 0.29) is 0 Å². The summed E-state index contributed by atoms with van der Waals surface area (Å²) in [7, 11) is 7.11. The molecule has 0 aromatic rings. The van der Waals surface area contributed by atoms with Crippen LogP contribution in [0.1, 0.15) is 72.1 Å². The van der Waals surface area contributed by atoms with Gasteiger partial charge < -0.3 is 9.69 Å². The lowest BCUT2D eigenvalue weighted by Gasteiger charge is -2.58. The molecule has 3 fully saturated rings. The summed E-state index contributed by atoms with van der Waals surface area (Å²) in [6, 6.07) is 0.786. The van der Waals surface area contributed by atoms with E-state index in [1.807, 2.05) is 6.92 Å². The highest BCUT2D eigenvalue weighted by atomic mass is 16.4. The molecular formula is C24H41N2O+. The Labute approximate surface area is 166 Å². The molecule has 3 heteroatoms. The molecule has 0 amide bonds. The molecule has 0 aromatic carbocycles. The van der Waals surface area contributed by atoms with Crippen LogP contribution in [0.5, 0.6) is 0 Å². The van der Waals surface area contributed by atoms with E-state index in [1.54, 1.807) is 5.57 Å². The third kappa shape index (κ3) is 2.82. The summed E-state index contributed by atoms with van der Waals surface area (Å²) in [6.07, 6.45) is 13.3. The Morgan fingerprint density at radius 1 is 1.07 bits per heavy atom. The van der Waals surface area contributed by atoms with Gasteiger partial charge in [0, 0.05) is 18.8 Å². The highest BCUT2D eigenvalue weighted by molar-refractivity contribution is 5.85. The van der Waals surface area contributed by atoms with E-state index in [4.69, 9.17) is 0 Å². The van der Waals surface area contributed by atoms with Crippen LogP contribution in [-0.4, -0.2) is 42.6 Å². The van der Waals surface area contributed by atoms with Gasteiger partial charge in [0.05, 0.1) is 32.9 Å². The van der Waals surface area contributed by atoms with E-state index >= 15 is 0 Å². The molecule has 4 aliphatic rings. The van der Waals surface area contributed by atoms with Crippen molar-refractivity contribution in [1.82, 2.24) is 0 Å².